The summed E-state index contributed by atoms with van der Waals surface area (Å²) in [6.45, 7) is 5.62. The molecule has 1 aromatic rings. The molecule has 1 aliphatic rings. The molecule has 0 saturated carbocycles. The predicted octanol–water partition coefficient (Wildman–Crippen LogP) is 0.646. The number of aromatic nitrogens is 2. The highest BCUT2D eigenvalue weighted by molar-refractivity contribution is 5.92. The molecular weight excluding hydrogens is 206 g/mol. The van der Waals surface area contributed by atoms with Crippen LogP contribution in [0.2, 0.25) is 0 Å². The predicted molar refractivity (Wildman–Crippen MR) is 58.1 cm³/mol. The minimum atomic E-state index is -0.0664. The van der Waals surface area contributed by atoms with E-state index >= 15 is 0 Å². The summed E-state index contributed by atoms with van der Waals surface area (Å²) in [4.78, 5) is 22.0. The third-order valence-corrected chi connectivity index (χ3v) is 2.63. The zero-order valence-electron chi connectivity index (χ0n) is 9.51. The van der Waals surface area contributed by atoms with Crippen molar-refractivity contribution in [3.8, 4) is 0 Å². The van der Waals surface area contributed by atoms with Crippen molar-refractivity contribution in [1.82, 2.24) is 14.9 Å². The van der Waals surface area contributed by atoms with Gasteiger partial charge in [-0.1, -0.05) is 0 Å². The van der Waals surface area contributed by atoms with Crippen molar-refractivity contribution >= 4 is 5.91 Å². The Bertz CT molecular complexity index is 377. The van der Waals surface area contributed by atoms with Gasteiger partial charge in [-0.3, -0.25) is 9.78 Å². The van der Waals surface area contributed by atoms with Crippen molar-refractivity contribution in [2.45, 2.75) is 19.9 Å². The first-order valence-electron chi connectivity index (χ1n) is 5.36. The number of hydrogen-bond acceptors (Lipinski definition) is 4. The minimum Gasteiger partial charge on any atom is -0.377 e. The summed E-state index contributed by atoms with van der Waals surface area (Å²) in [6.07, 6.45) is 3.14. The monoisotopic (exact) mass is 221 g/mol. The van der Waals surface area contributed by atoms with Crippen LogP contribution in [-0.2, 0) is 4.74 Å². The van der Waals surface area contributed by atoms with Gasteiger partial charge in [0.15, 0.2) is 0 Å². The molecule has 1 aromatic heterocycles. The number of carbonyl (C=O) groups excluding carboxylic acids is 1. The number of nitrogens with zero attached hydrogens (tertiary/aromatic N) is 3. The third-order valence-electron chi connectivity index (χ3n) is 2.63. The maximum absolute atomic E-state index is 12.1. The Balaban J connectivity index is 2.14. The molecule has 0 spiro atoms. The van der Waals surface area contributed by atoms with Crippen molar-refractivity contribution in [1.29, 1.82) is 0 Å². The van der Waals surface area contributed by atoms with Crippen molar-refractivity contribution in [2.75, 3.05) is 19.8 Å². The number of carbonyl (C=O) groups is 1. The van der Waals surface area contributed by atoms with Gasteiger partial charge < -0.3 is 9.64 Å². The molecule has 86 valence electrons. The fourth-order valence-corrected chi connectivity index (χ4v) is 1.68. The van der Waals surface area contributed by atoms with Crippen molar-refractivity contribution in [3.05, 3.63) is 23.8 Å². The molecule has 1 fully saturated rings. The molecule has 0 bridgehead atoms. The number of hydrogen-bond donors (Lipinski definition) is 0. The molecule has 0 N–H and O–H groups in total. The van der Waals surface area contributed by atoms with Gasteiger partial charge >= 0.3 is 0 Å². The molecule has 2 heterocycles. The lowest BCUT2D eigenvalue weighted by Gasteiger charge is -2.32. The SMILES string of the molecule is Cc1cnc(C(=O)N2CCOCC2C)cn1. The molecule has 0 aliphatic carbocycles. The molecule has 5 nitrogen and oxygen atoms in total. The minimum absolute atomic E-state index is 0.0664. The van der Waals surface area contributed by atoms with E-state index in [1.54, 1.807) is 11.1 Å². The van der Waals surface area contributed by atoms with Gasteiger partial charge in [0.1, 0.15) is 5.69 Å². The van der Waals surface area contributed by atoms with Crippen LogP contribution in [0.5, 0.6) is 0 Å². The summed E-state index contributed by atoms with van der Waals surface area (Å²) in [6, 6.07) is 0.101. The second-order valence-corrected chi connectivity index (χ2v) is 3.97. The molecule has 2 rings (SSSR count). The molecule has 1 saturated heterocycles. The summed E-state index contributed by atoms with van der Waals surface area (Å²) in [5.41, 5.74) is 1.21. The quantitative estimate of drug-likeness (QED) is 0.698. The first kappa shape index (κ1) is 11.0. The molecule has 1 amide bonds. The van der Waals surface area contributed by atoms with E-state index in [1.165, 1.54) is 6.20 Å². The molecule has 16 heavy (non-hydrogen) atoms. The Morgan fingerprint density at radius 3 is 2.94 bits per heavy atom. The Labute approximate surface area is 94.5 Å². The van der Waals surface area contributed by atoms with Crippen LogP contribution in [0.15, 0.2) is 12.4 Å². The van der Waals surface area contributed by atoms with Crippen LogP contribution in [0.1, 0.15) is 23.1 Å². The van der Waals surface area contributed by atoms with Crippen LogP contribution < -0.4 is 0 Å². The molecular formula is C11H15N3O2. The summed E-state index contributed by atoms with van der Waals surface area (Å²) in [5, 5.41) is 0. The lowest BCUT2D eigenvalue weighted by Crippen LogP contribution is -2.47. The van der Waals surface area contributed by atoms with E-state index in [1.807, 2.05) is 13.8 Å². The second-order valence-electron chi connectivity index (χ2n) is 3.97. The smallest absolute Gasteiger partial charge is 0.274 e. The van der Waals surface area contributed by atoms with E-state index < -0.39 is 0 Å². The molecule has 1 unspecified atom stereocenters. The van der Waals surface area contributed by atoms with E-state index in [0.29, 0.717) is 25.5 Å². The van der Waals surface area contributed by atoms with Crippen molar-refractivity contribution < 1.29 is 9.53 Å². The molecule has 0 aromatic carbocycles. The first-order chi connectivity index (χ1) is 7.68. The number of morpholine rings is 1. The van der Waals surface area contributed by atoms with Gasteiger partial charge in [0, 0.05) is 12.7 Å². The molecule has 0 radical (unpaired) electrons. The van der Waals surface area contributed by atoms with Crippen LogP contribution in [-0.4, -0.2) is 46.6 Å². The molecule has 5 heteroatoms. The lowest BCUT2D eigenvalue weighted by atomic mass is 10.2. The standard InChI is InChI=1S/C11H15N3O2/c1-8-5-13-10(6-12-8)11(15)14-3-4-16-7-9(14)2/h5-6,9H,3-4,7H2,1-2H3. The first-order valence-corrected chi connectivity index (χ1v) is 5.36. The van der Waals surface area contributed by atoms with Crippen molar-refractivity contribution in [3.63, 3.8) is 0 Å². The zero-order chi connectivity index (χ0) is 11.5. The van der Waals surface area contributed by atoms with Gasteiger partial charge in [0.25, 0.3) is 5.91 Å². The largest absolute Gasteiger partial charge is 0.377 e. The molecule has 1 aliphatic heterocycles. The second kappa shape index (κ2) is 4.57. The maximum atomic E-state index is 12.1. The van der Waals surface area contributed by atoms with Crippen LogP contribution in [0.4, 0.5) is 0 Å². The summed E-state index contributed by atoms with van der Waals surface area (Å²) >= 11 is 0. The molecule has 1 atom stereocenters. The fourth-order valence-electron chi connectivity index (χ4n) is 1.68. The van der Waals surface area contributed by atoms with Gasteiger partial charge in [-0.05, 0) is 13.8 Å². The van der Waals surface area contributed by atoms with Gasteiger partial charge in [0.05, 0.1) is 31.1 Å². The highest BCUT2D eigenvalue weighted by Crippen LogP contribution is 2.10. The van der Waals surface area contributed by atoms with Crippen LogP contribution in [0.25, 0.3) is 0 Å². The zero-order valence-corrected chi connectivity index (χ0v) is 9.51. The van der Waals surface area contributed by atoms with E-state index in [0.717, 1.165) is 5.69 Å². The Hall–Kier alpha value is -1.49. The topological polar surface area (TPSA) is 55.3 Å². The Morgan fingerprint density at radius 2 is 2.31 bits per heavy atom. The lowest BCUT2D eigenvalue weighted by molar-refractivity contribution is 0.00324. The van der Waals surface area contributed by atoms with E-state index in [4.69, 9.17) is 4.74 Å². The average Bonchev–Trinajstić information content (AvgIpc) is 2.30. The Kier molecular flexibility index (Phi) is 3.14. The van der Waals surface area contributed by atoms with E-state index in [2.05, 4.69) is 9.97 Å². The average molecular weight is 221 g/mol. The van der Waals surface area contributed by atoms with Crippen LogP contribution in [0, 0.1) is 6.92 Å². The normalized spacial score (nSPS) is 20.9. The van der Waals surface area contributed by atoms with Crippen LogP contribution >= 0.6 is 0 Å². The maximum Gasteiger partial charge on any atom is 0.274 e. The van der Waals surface area contributed by atoms with E-state index in [9.17, 15) is 4.79 Å². The number of ether oxygens (including phenoxy) is 1. The number of amides is 1. The third kappa shape index (κ3) is 2.19. The summed E-state index contributed by atoms with van der Waals surface area (Å²) < 4.78 is 5.29. The summed E-state index contributed by atoms with van der Waals surface area (Å²) in [7, 11) is 0. The highest BCUT2D eigenvalue weighted by Gasteiger charge is 2.25. The fraction of sp³-hybridized carbons (Fsp3) is 0.545. The van der Waals surface area contributed by atoms with Gasteiger partial charge in [-0.25, -0.2) is 4.98 Å². The number of rotatable bonds is 1. The van der Waals surface area contributed by atoms with Gasteiger partial charge in [-0.15, -0.1) is 0 Å². The van der Waals surface area contributed by atoms with Gasteiger partial charge in [-0.2, -0.15) is 0 Å². The number of aryl methyl sites for hydroxylation is 1. The Morgan fingerprint density at radius 1 is 1.50 bits per heavy atom. The van der Waals surface area contributed by atoms with Crippen molar-refractivity contribution in [2.24, 2.45) is 0 Å². The van der Waals surface area contributed by atoms with Gasteiger partial charge in [0.2, 0.25) is 0 Å². The summed E-state index contributed by atoms with van der Waals surface area (Å²) in [5.74, 6) is -0.0664. The highest BCUT2D eigenvalue weighted by atomic mass is 16.5. The van der Waals surface area contributed by atoms with Crippen LogP contribution in [0.3, 0.4) is 0 Å². The van der Waals surface area contributed by atoms with E-state index in [-0.39, 0.29) is 11.9 Å².